The molecule has 2 aliphatic rings. The van der Waals surface area contributed by atoms with Gasteiger partial charge in [0, 0.05) is 23.6 Å². The van der Waals surface area contributed by atoms with Gasteiger partial charge < -0.3 is 26.4 Å². The standard InChI is InChI=1S/C15H18N6O3S/c16-12(17)19-14-21(13(18)22)10-6-7-20(8-11(10)25-14)15(23)24-9-4-2-1-3-5-9/h1-5,14H,6-8H2,(H2,18,22)(H4,16,17,19). The Hall–Kier alpha value is -2.88. The van der Waals surface area contributed by atoms with E-state index in [4.69, 9.17) is 21.6 Å². The van der Waals surface area contributed by atoms with E-state index in [1.807, 2.05) is 6.07 Å². The van der Waals surface area contributed by atoms with Crippen LogP contribution in [0.5, 0.6) is 5.75 Å². The van der Waals surface area contributed by atoms with E-state index in [1.54, 1.807) is 29.2 Å². The molecule has 3 amide bonds. The predicted molar refractivity (Wildman–Crippen MR) is 93.5 cm³/mol. The van der Waals surface area contributed by atoms with E-state index in [1.165, 1.54) is 16.7 Å². The summed E-state index contributed by atoms with van der Waals surface area (Å²) in [5.74, 6) is 0.213. The van der Waals surface area contributed by atoms with Crippen LogP contribution < -0.4 is 21.5 Å². The van der Waals surface area contributed by atoms with Gasteiger partial charge in [-0.25, -0.2) is 9.59 Å². The van der Waals surface area contributed by atoms with E-state index in [-0.39, 0.29) is 5.96 Å². The second-order valence-corrected chi connectivity index (χ2v) is 6.63. The number of para-hydroxylation sites is 1. The molecule has 9 nitrogen and oxygen atoms in total. The van der Waals surface area contributed by atoms with Crippen molar-refractivity contribution in [3.05, 3.63) is 40.9 Å². The fraction of sp³-hybridized carbons (Fsp3) is 0.267. The summed E-state index contributed by atoms with van der Waals surface area (Å²) >= 11 is 1.31. The zero-order chi connectivity index (χ0) is 18.0. The van der Waals surface area contributed by atoms with Gasteiger partial charge in [-0.1, -0.05) is 30.0 Å². The number of rotatable bonds is 2. The van der Waals surface area contributed by atoms with Crippen molar-refractivity contribution in [2.75, 3.05) is 13.1 Å². The molecule has 132 valence electrons. The van der Waals surface area contributed by atoms with Gasteiger partial charge in [0.15, 0.2) is 11.5 Å². The SMILES string of the molecule is N=C(N)NC1SC2=C(CCN(C(=O)Oc3ccccc3)C2)N1C(N)=O. The number of benzene rings is 1. The van der Waals surface area contributed by atoms with Crippen LogP contribution in [0.3, 0.4) is 0 Å². The van der Waals surface area contributed by atoms with Gasteiger partial charge >= 0.3 is 12.1 Å². The van der Waals surface area contributed by atoms with Gasteiger partial charge in [-0.15, -0.1) is 0 Å². The van der Waals surface area contributed by atoms with Crippen LogP contribution in [0.4, 0.5) is 9.59 Å². The Kier molecular flexibility index (Phi) is 4.70. The molecule has 0 saturated carbocycles. The average molecular weight is 362 g/mol. The molecule has 25 heavy (non-hydrogen) atoms. The molecule has 3 rings (SSSR count). The van der Waals surface area contributed by atoms with Gasteiger partial charge in [-0.2, -0.15) is 0 Å². The summed E-state index contributed by atoms with van der Waals surface area (Å²) < 4.78 is 5.35. The first-order valence-electron chi connectivity index (χ1n) is 7.55. The number of ether oxygens (including phenoxy) is 1. The number of carbonyl (C=O) groups excluding carboxylic acids is 2. The Morgan fingerprint density at radius 2 is 2.00 bits per heavy atom. The van der Waals surface area contributed by atoms with E-state index in [9.17, 15) is 9.59 Å². The lowest BCUT2D eigenvalue weighted by Crippen LogP contribution is -2.50. The number of hydrogen-bond acceptors (Lipinski definition) is 5. The predicted octanol–water partition coefficient (Wildman–Crippen LogP) is 0.997. The number of thioether (sulfide) groups is 1. The number of guanidine groups is 1. The molecule has 1 aromatic rings. The third-order valence-electron chi connectivity index (χ3n) is 3.78. The minimum absolute atomic E-state index is 0.260. The largest absolute Gasteiger partial charge is 0.415 e. The smallest absolute Gasteiger partial charge is 0.410 e. The van der Waals surface area contributed by atoms with E-state index < -0.39 is 17.6 Å². The highest BCUT2D eigenvalue weighted by Crippen LogP contribution is 2.41. The Balaban J connectivity index is 1.70. The van der Waals surface area contributed by atoms with Gasteiger partial charge in [0.1, 0.15) is 5.75 Å². The third kappa shape index (κ3) is 3.63. The number of nitrogens with one attached hydrogen (secondary N) is 2. The normalized spacial score (nSPS) is 19.4. The lowest BCUT2D eigenvalue weighted by Gasteiger charge is -2.29. The molecule has 0 spiro atoms. The van der Waals surface area contributed by atoms with Crippen molar-refractivity contribution in [2.45, 2.75) is 11.9 Å². The van der Waals surface area contributed by atoms with Crippen molar-refractivity contribution in [3.63, 3.8) is 0 Å². The van der Waals surface area contributed by atoms with Crippen molar-refractivity contribution in [3.8, 4) is 5.75 Å². The van der Waals surface area contributed by atoms with E-state index in [0.717, 1.165) is 10.6 Å². The fourth-order valence-corrected chi connectivity index (χ4v) is 4.06. The first-order chi connectivity index (χ1) is 12.0. The Morgan fingerprint density at radius 1 is 1.28 bits per heavy atom. The maximum atomic E-state index is 12.3. The molecule has 0 radical (unpaired) electrons. The molecule has 2 heterocycles. The quantitative estimate of drug-likeness (QED) is 0.457. The molecule has 0 aromatic heterocycles. The van der Waals surface area contributed by atoms with E-state index in [0.29, 0.717) is 25.3 Å². The number of hydrogen-bond donors (Lipinski definition) is 4. The average Bonchev–Trinajstić information content (AvgIpc) is 2.91. The molecule has 1 unspecified atom stereocenters. The number of amides is 3. The van der Waals surface area contributed by atoms with Crippen LogP contribution in [0.25, 0.3) is 0 Å². The summed E-state index contributed by atoms with van der Waals surface area (Å²) in [6, 6.07) is 8.20. The fourth-order valence-electron chi connectivity index (χ4n) is 2.70. The highest BCUT2D eigenvalue weighted by atomic mass is 32.2. The van der Waals surface area contributed by atoms with Crippen LogP contribution in [-0.2, 0) is 0 Å². The molecule has 0 bridgehead atoms. The summed E-state index contributed by atoms with van der Waals surface area (Å²) in [5.41, 5.74) is 11.0. The molecule has 1 atom stereocenters. The van der Waals surface area contributed by atoms with Crippen molar-refractivity contribution >= 4 is 29.8 Å². The summed E-state index contributed by atoms with van der Waals surface area (Å²) in [6.45, 7) is 0.715. The first kappa shape index (κ1) is 17.0. The Labute approximate surface area is 148 Å². The van der Waals surface area contributed by atoms with Crippen LogP contribution in [0.15, 0.2) is 40.9 Å². The summed E-state index contributed by atoms with van der Waals surface area (Å²) in [5, 5.41) is 10.0. The topological polar surface area (TPSA) is 138 Å². The minimum Gasteiger partial charge on any atom is -0.410 e. The number of nitrogens with zero attached hydrogens (tertiary/aromatic N) is 2. The molecule has 0 fully saturated rings. The third-order valence-corrected chi connectivity index (χ3v) is 4.98. The molecule has 1 aromatic carbocycles. The lowest BCUT2D eigenvalue weighted by molar-refractivity contribution is 0.153. The van der Waals surface area contributed by atoms with Crippen molar-refractivity contribution in [1.29, 1.82) is 5.41 Å². The highest BCUT2D eigenvalue weighted by molar-refractivity contribution is 8.03. The molecule has 0 aliphatic carbocycles. The molecular weight excluding hydrogens is 344 g/mol. The number of carbonyl (C=O) groups is 2. The summed E-state index contributed by atoms with van der Waals surface area (Å²) in [4.78, 5) is 27.8. The van der Waals surface area contributed by atoms with Crippen LogP contribution in [0.2, 0.25) is 0 Å². The van der Waals surface area contributed by atoms with Gasteiger partial charge in [0.2, 0.25) is 0 Å². The lowest BCUT2D eigenvalue weighted by atomic mass is 10.2. The summed E-state index contributed by atoms with van der Waals surface area (Å²) in [7, 11) is 0. The van der Waals surface area contributed by atoms with Crippen LogP contribution in [0.1, 0.15) is 6.42 Å². The highest BCUT2D eigenvalue weighted by Gasteiger charge is 2.39. The minimum atomic E-state index is -0.628. The molecule has 0 saturated heterocycles. The zero-order valence-electron chi connectivity index (χ0n) is 13.3. The van der Waals surface area contributed by atoms with Gasteiger partial charge in [-0.3, -0.25) is 10.3 Å². The van der Waals surface area contributed by atoms with Crippen molar-refractivity contribution < 1.29 is 14.3 Å². The molecule has 2 aliphatic heterocycles. The molecule has 10 heteroatoms. The number of primary amides is 1. The monoisotopic (exact) mass is 362 g/mol. The van der Waals surface area contributed by atoms with Gasteiger partial charge in [0.25, 0.3) is 0 Å². The Bertz CT molecular complexity index is 738. The van der Waals surface area contributed by atoms with Crippen molar-refractivity contribution in [2.24, 2.45) is 11.5 Å². The first-order valence-corrected chi connectivity index (χ1v) is 8.43. The second-order valence-electron chi connectivity index (χ2n) is 5.46. The zero-order valence-corrected chi connectivity index (χ0v) is 14.1. The maximum absolute atomic E-state index is 12.3. The molecular formula is C15H18N6O3S. The maximum Gasteiger partial charge on any atom is 0.415 e. The second kappa shape index (κ2) is 6.93. The van der Waals surface area contributed by atoms with Crippen LogP contribution in [0, 0.1) is 5.41 Å². The van der Waals surface area contributed by atoms with Crippen LogP contribution in [-0.4, -0.2) is 46.5 Å². The molecule has 6 N–H and O–H groups in total. The van der Waals surface area contributed by atoms with Crippen molar-refractivity contribution in [1.82, 2.24) is 15.1 Å². The summed E-state index contributed by atoms with van der Waals surface area (Å²) in [6.07, 6.45) is 0.0116. The van der Waals surface area contributed by atoms with Gasteiger partial charge in [-0.05, 0) is 12.1 Å². The van der Waals surface area contributed by atoms with Crippen LogP contribution >= 0.6 is 11.8 Å². The Morgan fingerprint density at radius 3 is 2.64 bits per heavy atom. The number of nitrogens with two attached hydrogens (primary N) is 2. The number of urea groups is 1. The van der Waals surface area contributed by atoms with Gasteiger partial charge in [0.05, 0.1) is 6.54 Å². The van der Waals surface area contributed by atoms with E-state index >= 15 is 0 Å². The van der Waals surface area contributed by atoms with E-state index in [2.05, 4.69) is 5.32 Å².